The van der Waals surface area contributed by atoms with Gasteiger partial charge in [-0.25, -0.2) is 9.97 Å². The van der Waals surface area contributed by atoms with Crippen LogP contribution in [-0.4, -0.2) is 129 Å². The van der Waals surface area contributed by atoms with Gasteiger partial charge in [0.2, 0.25) is 17.7 Å². The van der Waals surface area contributed by atoms with Crippen molar-refractivity contribution in [3.8, 4) is 0 Å². The van der Waals surface area contributed by atoms with Crippen LogP contribution in [0.15, 0.2) is 76.9 Å². The Kier molecular flexibility index (Phi) is 13.8. The molecule has 5 aliphatic rings. The predicted octanol–water partition coefficient (Wildman–Crippen LogP) is 3.50. The Labute approximate surface area is 393 Å². The maximum absolute atomic E-state index is 13.0. The van der Waals surface area contributed by atoms with Crippen molar-refractivity contribution in [3.63, 3.8) is 0 Å². The molecule has 0 saturated carbocycles. The van der Waals surface area contributed by atoms with E-state index in [1.165, 1.54) is 16.7 Å². The van der Waals surface area contributed by atoms with E-state index in [1.807, 2.05) is 36.4 Å². The molecule has 6 N–H and O–H groups in total. The number of hydrogen-bond acceptors (Lipinski definition) is 15. The Balaban J connectivity index is 0.634. The zero-order valence-electron chi connectivity index (χ0n) is 37.6. The largest absolute Gasteiger partial charge is 0.394 e. The summed E-state index contributed by atoms with van der Waals surface area (Å²) >= 11 is 1.50. The molecule has 4 aromatic rings. The van der Waals surface area contributed by atoms with E-state index >= 15 is 0 Å². The molecule has 0 bridgehead atoms. The summed E-state index contributed by atoms with van der Waals surface area (Å²) in [5.74, 6) is 0.235. The third-order valence-electron chi connectivity index (χ3n) is 13.8. The Bertz CT molecular complexity index is 2480. The highest BCUT2D eigenvalue weighted by atomic mass is 32.2. The van der Waals surface area contributed by atoms with E-state index in [2.05, 4.69) is 50.8 Å². The normalized spacial score (nSPS) is 19.9. The van der Waals surface area contributed by atoms with Crippen LogP contribution >= 0.6 is 11.8 Å². The molecule has 7 heterocycles. The second-order valence-electron chi connectivity index (χ2n) is 18.8. The number of piperidine rings is 2. The van der Waals surface area contributed by atoms with Gasteiger partial charge in [0.15, 0.2) is 11.5 Å². The van der Waals surface area contributed by atoms with Gasteiger partial charge in [0.1, 0.15) is 16.9 Å². The molecule has 18 nitrogen and oxygen atoms in total. The molecule has 1 spiro atoms. The number of aromatic nitrogens is 4. The van der Waals surface area contributed by atoms with E-state index in [-0.39, 0.29) is 60.9 Å². The minimum Gasteiger partial charge on any atom is -0.394 e. The third-order valence-corrected chi connectivity index (χ3v) is 14.7. The van der Waals surface area contributed by atoms with Crippen LogP contribution in [-0.2, 0) is 27.5 Å². The lowest BCUT2D eigenvalue weighted by molar-refractivity contribution is -0.137. The van der Waals surface area contributed by atoms with E-state index in [0.29, 0.717) is 31.2 Å². The summed E-state index contributed by atoms with van der Waals surface area (Å²) in [6.45, 7) is 6.93. The topological polar surface area (TPSA) is 232 Å². The highest BCUT2D eigenvalue weighted by Crippen LogP contribution is 2.41. The van der Waals surface area contributed by atoms with Crippen molar-refractivity contribution in [1.82, 2.24) is 40.6 Å². The average Bonchev–Trinajstić information content (AvgIpc) is 3.91. The number of amides is 5. The number of nitrogens with two attached hydrogens (primary N) is 1. The van der Waals surface area contributed by atoms with Gasteiger partial charge in [-0.1, -0.05) is 42.8 Å². The monoisotopic (exact) mass is 930 g/mol. The molecule has 1 unspecified atom stereocenters. The average molecular weight is 931 g/mol. The molecule has 5 aliphatic heterocycles. The van der Waals surface area contributed by atoms with Crippen LogP contribution < -0.4 is 31.5 Å². The van der Waals surface area contributed by atoms with Crippen LogP contribution in [0.5, 0.6) is 0 Å². The number of carbonyl (C=O) groups is 5. The van der Waals surface area contributed by atoms with Crippen molar-refractivity contribution in [3.05, 3.63) is 89.4 Å². The lowest BCUT2D eigenvalue weighted by Crippen LogP contribution is -2.57. The second kappa shape index (κ2) is 20.1. The molecular formula is C48H58N12O6S. The van der Waals surface area contributed by atoms with Crippen molar-refractivity contribution in [1.29, 1.82) is 0 Å². The number of fused-ring (bicyclic) bond motifs is 1. The van der Waals surface area contributed by atoms with Crippen molar-refractivity contribution in [2.24, 2.45) is 11.1 Å². The number of carbonyl (C=O) groups excluding carboxylic acids is 5. The maximum atomic E-state index is 13.0. The van der Waals surface area contributed by atoms with E-state index in [1.54, 1.807) is 30.6 Å². The number of imide groups is 1. The lowest BCUT2D eigenvalue weighted by Gasteiger charge is -2.48. The Morgan fingerprint density at radius 2 is 1.70 bits per heavy atom. The highest BCUT2D eigenvalue weighted by Gasteiger charge is 2.47. The van der Waals surface area contributed by atoms with E-state index in [4.69, 9.17) is 5.73 Å². The second-order valence-corrected chi connectivity index (χ2v) is 19.9. The fourth-order valence-electron chi connectivity index (χ4n) is 9.90. The number of nitrogens with one attached hydrogen (secondary N) is 3. The zero-order chi connectivity index (χ0) is 46.5. The van der Waals surface area contributed by atoms with Gasteiger partial charge in [0, 0.05) is 92.3 Å². The molecule has 1 atom stereocenters. The van der Waals surface area contributed by atoms with Crippen LogP contribution in [0.25, 0.3) is 0 Å². The number of rotatable bonds is 17. The van der Waals surface area contributed by atoms with Gasteiger partial charge >= 0.3 is 0 Å². The van der Waals surface area contributed by atoms with E-state index in [0.717, 1.165) is 116 Å². The van der Waals surface area contributed by atoms with Crippen molar-refractivity contribution in [2.75, 3.05) is 67.5 Å². The number of benzene rings is 2. The maximum Gasteiger partial charge on any atom is 0.272 e. The van der Waals surface area contributed by atoms with E-state index < -0.39 is 17.5 Å². The summed E-state index contributed by atoms with van der Waals surface area (Å²) in [7, 11) is 0. The van der Waals surface area contributed by atoms with Gasteiger partial charge in [0.25, 0.3) is 11.8 Å². The highest BCUT2D eigenvalue weighted by molar-refractivity contribution is 7.99. The molecular weight excluding hydrogens is 873 g/mol. The van der Waals surface area contributed by atoms with Crippen LogP contribution in [0.4, 0.5) is 17.3 Å². The molecule has 2 aromatic carbocycles. The Morgan fingerprint density at radius 1 is 0.881 bits per heavy atom. The molecule has 5 amide bonds. The first-order chi connectivity index (χ1) is 32.4. The zero-order valence-corrected chi connectivity index (χ0v) is 38.4. The minimum absolute atomic E-state index is 0.0103. The summed E-state index contributed by atoms with van der Waals surface area (Å²) in [6, 6.07) is 16.1. The van der Waals surface area contributed by atoms with Gasteiger partial charge in [-0.05, 0) is 92.6 Å². The first-order valence-corrected chi connectivity index (χ1v) is 24.2. The molecule has 4 saturated heterocycles. The number of unbranched alkanes of at least 4 members (excludes halogenated alkanes) is 3. The molecule has 2 aromatic heterocycles. The van der Waals surface area contributed by atoms with Gasteiger partial charge in [-0.15, -0.1) is 10.2 Å². The van der Waals surface area contributed by atoms with Crippen LogP contribution in [0.2, 0.25) is 0 Å². The predicted molar refractivity (Wildman–Crippen MR) is 251 cm³/mol. The number of aliphatic hydroxyl groups is 1. The van der Waals surface area contributed by atoms with Crippen LogP contribution in [0.3, 0.4) is 0 Å². The summed E-state index contributed by atoms with van der Waals surface area (Å²) < 4.78 is 0. The summed E-state index contributed by atoms with van der Waals surface area (Å²) in [5.41, 5.74) is 9.06. The summed E-state index contributed by atoms with van der Waals surface area (Å²) in [4.78, 5) is 81.4. The minimum atomic E-state index is -0.676. The smallest absolute Gasteiger partial charge is 0.272 e. The van der Waals surface area contributed by atoms with Gasteiger partial charge in [0.05, 0.1) is 19.0 Å². The van der Waals surface area contributed by atoms with Crippen molar-refractivity contribution in [2.45, 2.75) is 98.8 Å². The van der Waals surface area contributed by atoms with Gasteiger partial charge in [-0.2, -0.15) is 0 Å². The van der Waals surface area contributed by atoms with Crippen molar-refractivity contribution < 1.29 is 29.1 Å². The molecule has 0 aliphatic carbocycles. The fraction of sp³-hybridized carbons (Fsp3) is 0.479. The lowest BCUT2D eigenvalue weighted by atomic mass is 9.79. The van der Waals surface area contributed by atoms with Gasteiger partial charge in [-0.3, -0.25) is 29.3 Å². The SMILES string of the molecule is NC1(CO)CCN(c2cnc(Sc3cccc(NC(=O)CCCCCCN4CC5(CCN(c6ccc(C(=O)NCc7ccc8c(c7)CN(C7CCC(=O)NC7=O)C8=O)nn6)C5)C4)c3)cn2)CC1. The third kappa shape index (κ3) is 10.9. The number of likely N-dealkylation sites (tertiary alicyclic amines) is 1. The number of anilines is 3. The molecule has 4 fully saturated rings. The Hall–Kier alpha value is -6.02. The molecule has 0 radical (unpaired) electrons. The van der Waals surface area contributed by atoms with Crippen LogP contribution in [0.1, 0.15) is 96.2 Å². The van der Waals surface area contributed by atoms with Crippen molar-refractivity contribution >= 4 is 58.6 Å². The van der Waals surface area contributed by atoms with Gasteiger partial charge < -0.3 is 41.1 Å². The molecule has 352 valence electrons. The molecule has 9 rings (SSSR count). The number of hydrogen-bond donors (Lipinski definition) is 5. The first-order valence-electron chi connectivity index (χ1n) is 23.3. The Morgan fingerprint density at radius 3 is 2.46 bits per heavy atom. The summed E-state index contributed by atoms with van der Waals surface area (Å²) in [5, 5.41) is 27.3. The number of nitrogens with zero attached hydrogens (tertiary/aromatic N) is 8. The van der Waals surface area contributed by atoms with E-state index in [9.17, 15) is 29.1 Å². The summed E-state index contributed by atoms with van der Waals surface area (Å²) in [6.07, 6.45) is 11.1. The quantitative estimate of drug-likeness (QED) is 0.0754. The van der Waals surface area contributed by atoms with Crippen LogP contribution in [0, 0.1) is 5.41 Å². The molecule has 67 heavy (non-hydrogen) atoms. The number of aliphatic hydroxyl groups excluding tert-OH is 1. The molecule has 19 heteroatoms. The first kappa shape index (κ1) is 46.1. The standard InChI is InChI=1S/C48H58N12O6S/c49-48(31-61)16-20-58(21-17-48)40-25-51-43(26-50-40)67-35-7-5-6-34(23-35)53-41(62)8-3-1-2-4-18-57-28-47(29-57)15-19-59(30-47)39-13-11-37(55-56-39)44(64)52-24-32-9-10-36-33(22-32)27-60(46(36)66)38-12-14-42(63)54-45(38)65/h5-7,9-11,13,22-23,25-26,38,61H,1-4,8,12,14-21,24,27-31,49H2,(H,52,64)(H,53,62)(H,54,63,65). The fourth-order valence-corrected chi connectivity index (χ4v) is 10.7.